The largest absolute Gasteiger partial charge is 0.347 e. The van der Waals surface area contributed by atoms with E-state index in [0.717, 1.165) is 11.4 Å². The van der Waals surface area contributed by atoms with Crippen LogP contribution < -0.4 is 9.80 Å². The van der Waals surface area contributed by atoms with E-state index in [1.807, 2.05) is 37.0 Å². The number of hydrogen-bond donors (Lipinski definition) is 0. The zero-order valence-corrected chi connectivity index (χ0v) is 14.3. The van der Waals surface area contributed by atoms with Gasteiger partial charge < -0.3 is 9.80 Å². The molecule has 0 atom stereocenters. The summed E-state index contributed by atoms with van der Waals surface area (Å²) < 4.78 is 0. The molecule has 0 amide bonds. The molecule has 0 saturated heterocycles. The molecule has 0 unspecified atom stereocenters. The zero-order valence-electron chi connectivity index (χ0n) is 13.6. The lowest BCUT2D eigenvalue weighted by Crippen LogP contribution is -2.23. The molecule has 6 nitrogen and oxygen atoms in total. The Morgan fingerprint density at radius 3 is 2.27 bits per heavy atom. The molecule has 0 aliphatic heterocycles. The number of nitrogens with zero attached hydrogens (tertiary/aromatic N) is 6. The van der Waals surface area contributed by atoms with Crippen LogP contribution in [0.4, 0.5) is 11.9 Å². The third-order valence-corrected chi connectivity index (χ3v) is 3.32. The number of rotatable bonds is 5. The van der Waals surface area contributed by atoms with Gasteiger partial charge in [0.05, 0.1) is 0 Å². The van der Waals surface area contributed by atoms with Crippen molar-refractivity contribution in [1.29, 1.82) is 0 Å². The first-order valence-electron chi connectivity index (χ1n) is 7.11. The molecule has 0 N–H and O–H groups in total. The van der Waals surface area contributed by atoms with Crippen LogP contribution in [0.15, 0.2) is 18.3 Å². The smallest absolute Gasteiger partial charge is 0.230 e. The lowest BCUT2D eigenvalue weighted by Gasteiger charge is -2.20. The molecule has 0 bridgehead atoms. The molecule has 0 radical (unpaired) electrons. The highest BCUT2D eigenvalue weighted by Gasteiger charge is 2.14. The number of anilines is 2. The van der Waals surface area contributed by atoms with Crippen LogP contribution in [0.3, 0.4) is 0 Å². The second-order valence-corrected chi connectivity index (χ2v) is 6.08. The zero-order chi connectivity index (χ0) is 16.3. The van der Waals surface area contributed by atoms with Gasteiger partial charge >= 0.3 is 0 Å². The van der Waals surface area contributed by atoms with E-state index in [4.69, 9.17) is 11.6 Å². The molecule has 118 valence electrons. The molecule has 0 spiro atoms. The fourth-order valence-electron chi connectivity index (χ4n) is 1.84. The van der Waals surface area contributed by atoms with Gasteiger partial charge in [0, 0.05) is 39.8 Å². The average molecular weight is 321 g/mol. The maximum absolute atomic E-state index is 5.81. The summed E-state index contributed by atoms with van der Waals surface area (Å²) in [6, 6.07) is 3.73. The molecule has 0 aliphatic carbocycles. The summed E-state index contributed by atoms with van der Waals surface area (Å²) in [6.45, 7) is 4.79. The molecular formula is C15H21ClN6. The Labute approximate surface area is 136 Å². The average Bonchev–Trinajstić information content (AvgIpc) is 2.49. The third kappa shape index (κ3) is 4.04. The normalized spacial score (nSPS) is 10.9. The van der Waals surface area contributed by atoms with Crippen LogP contribution in [0, 0.1) is 0 Å². The van der Waals surface area contributed by atoms with Crippen molar-refractivity contribution in [3.05, 3.63) is 34.9 Å². The van der Waals surface area contributed by atoms with Gasteiger partial charge in [-0.25, -0.2) is 4.98 Å². The van der Waals surface area contributed by atoms with Crippen molar-refractivity contribution in [2.24, 2.45) is 0 Å². The molecule has 2 aromatic heterocycles. The third-order valence-electron chi connectivity index (χ3n) is 3.10. The van der Waals surface area contributed by atoms with Gasteiger partial charge in [0.1, 0.15) is 11.0 Å². The molecule has 22 heavy (non-hydrogen) atoms. The molecule has 0 fully saturated rings. The van der Waals surface area contributed by atoms with E-state index in [1.165, 1.54) is 0 Å². The summed E-state index contributed by atoms with van der Waals surface area (Å²) in [5.41, 5.74) is 1.05. The predicted molar refractivity (Wildman–Crippen MR) is 89.6 cm³/mol. The van der Waals surface area contributed by atoms with Gasteiger partial charge in [0.2, 0.25) is 11.9 Å². The number of aromatic nitrogens is 4. The molecule has 0 aromatic carbocycles. The van der Waals surface area contributed by atoms with Crippen LogP contribution in [-0.2, 0) is 6.54 Å². The first kappa shape index (κ1) is 16.4. The van der Waals surface area contributed by atoms with E-state index in [2.05, 4.69) is 33.8 Å². The molecule has 0 aliphatic rings. The maximum Gasteiger partial charge on any atom is 0.230 e. The van der Waals surface area contributed by atoms with Gasteiger partial charge in [-0.3, -0.25) is 0 Å². The number of pyridine rings is 1. The molecule has 2 aromatic rings. The van der Waals surface area contributed by atoms with Crippen molar-refractivity contribution < 1.29 is 0 Å². The van der Waals surface area contributed by atoms with Crippen LogP contribution in [0.2, 0.25) is 5.15 Å². The van der Waals surface area contributed by atoms with Crippen LogP contribution in [-0.4, -0.2) is 41.1 Å². The highest BCUT2D eigenvalue weighted by Crippen LogP contribution is 2.18. The van der Waals surface area contributed by atoms with E-state index < -0.39 is 0 Å². The lowest BCUT2D eigenvalue weighted by molar-refractivity contribution is 0.736. The van der Waals surface area contributed by atoms with Gasteiger partial charge in [-0.2, -0.15) is 15.0 Å². The number of halogens is 1. The van der Waals surface area contributed by atoms with Crippen molar-refractivity contribution in [2.75, 3.05) is 30.9 Å². The fraction of sp³-hybridized carbons (Fsp3) is 0.467. The first-order chi connectivity index (χ1) is 10.4. The highest BCUT2D eigenvalue weighted by molar-refractivity contribution is 6.29. The van der Waals surface area contributed by atoms with Crippen molar-refractivity contribution in [1.82, 2.24) is 19.9 Å². The van der Waals surface area contributed by atoms with Gasteiger partial charge in [-0.1, -0.05) is 31.5 Å². The van der Waals surface area contributed by atoms with Crippen LogP contribution in [0.1, 0.15) is 31.2 Å². The summed E-state index contributed by atoms with van der Waals surface area (Å²) in [4.78, 5) is 21.5. The summed E-state index contributed by atoms with van der Waals surface area (Å²) in [5, 5.41) is 0.489. The minimum atomic E-state index is 0.242. The minimum Gasteiger partial charge on any atom is -0.347 e. The molecule has 2 rings (SSSR count). The maximum atomic E-state index is 5.81. The second-order valence-electron chi connectivity index (χ2n) is 5.69. The van der Waals surface area contributed by atoms with E-state index in [1.54, 1.807) is 12.3 Å². The Kier molecular flexibility index (Phi) is 5.13. The Hall–Kier alpha value is -1.95. The van der Waals surface area contributed by atoms with Crippen LogP contribution in [0.5, 0.6) is 0 Å². The molecule has 7 heteroatoms. The summed E-state index contributed by atoms with van der Waals surface area (Å²) in [5.74, 6) is 2.34. The van der Waals surface area contributed by atoms with Crippen molar-refractivity contribution in [2.45, 2.75) is 26.3 Å². The monoisotopic (exact) mass is 320 g/mol. The Morgan fingerprint density at radius 1 is 1.05 bits per heavy atom. The molecule has 0 saturated carbocycles. The standard InChI is InChI=1S/C15H21ClN6/c1-10(2)13-18-14(21(3)4)20-15(19-13)22(5)9-11-6-7-12(16)17-8-11/h6-8,10H,9H2,1-5H3. The van der Waals surface area contributed by atoms with E-state index in [9.17, 15) is 0 Å². The summed E-state index contributed by atoms with van der Waals surface area (Å²) in [7, 11) is 5.80. The van der Waals surface area contributed by atoms with Crippen LogP contribution in [0.25, 0.3) is 0 Å². The van der Waals surface area contributed by atoms with Crippen molar-refractivity contribution in [3.63, 3.8) is 0 Å². The second kappa shape index (κ2) is 6.87. The first-order valence-corrected chi connectivity index (χ1v) is 7.49. The Morgan fingerprint density at radius 2 is 1.73 bits per heavy atom. The van der Waals surface area contributed by atoms with Gasteiger partial charge in [-0.05, 0) is 11.6 Å². The molecular weight excluding hydrogens is 300 g/mol. The Balaban J connectivity index is 2.27. The van der Waals surface area contributed by atoms with E-state index in [0.29, 0.717) is 23.6 Å². The van der Waals surface area contributed by atoms with Crippen molar-refractivity contribution >= 4 is 23.5 Å². The fourth-order valence-corrected chi connectivity index (χ4v) is 1.95. The van der Waals surface area contributed by atoms with E-state index in [-0.39, 0.29) is 5.92 Å². The Bertz CT molecular complexity index is 600. The minimum absolute atomic E-state index is 0.242. The quantitative estimate of drug-likeness (QED) is 0.790. The highest BCUT2D eigenvalue weighted by atomic mass is 35.5. The topological polar surface area (TPSA) is 58.0 Å². The SMILES string of the molecule is CC(C)c1nc(N(C)C)nc(N(C)Cc2ccc(Cl)nc2)n1. The number of hydrogen-bond acceptors (Lipinski definition) is 6. The van der Waals surface area contributed by atoms with Crippen LogP contribution >= 0.6 is 11.6 Å². The lowest BCUT2D eigenvalue weighted by atomic mass is 10.2. The predicted octanol–water partition coefficient (Wildman–Crippen LogP) is 2.75. The van der Waals surface area contributed by atoms with Gasteiger partial charge in [-0.15, -0.1) is 0 Å². The van der Waals surface area contributed by atoms with Gasteiger partial charge in [0.25, 0.3) is 0 Å². The van der Waals surface area contributed by atoms with E-state index >= 15 is 0 Å². The molecule has 2 heterocycles. The van der Waals surface area contributed by atoms with Crippen molar-refractivity contribution in [3.8, 4) is 0 Å². The summed E-state index contributed by atoms with van der Waals surface area (Å²) in [6.07, 6.45) is 1.76. The van der Waals surface area contributed by atoms with Gasteiger partial charge in [0.15, 0.2) is 0 Å². The summed E-state index contributed by atoms with van der Waals surface area (Å²) >= 11 is 5.81.